The van der Waals surface area contributed by atoms with E-state index in [0.717, 1.165) is 12.1 Å². The van der Waals surface area contributed by atoms with Crippen molar-refractivity contribution in [3.05, 3.63) is 80.5 Å². The molecule has 1 aromatic heterocycles. The summed E-state index contributed by atoms with van der Waals surface area (Å²) in [6.07, 6.45) is 0. The van der Waals surface area contributed by atoms with Crippen LogP contribution >= 0.6 is 0 Å². The summed E-state index contributed by atoms with van der Waals surface area (Å²) in [5, 5.41) is 3.16. The number of hydrogen-bond acceptors (Lipinski definition) is 3. The van der Waals surface area contributed by atoms with Gasteiger partial charge >= 0.3 is 0 Å². The van der Waals surface area contributed by atoms with Gasteiger partial charge < -0.3 is 4.42 Å². The standard InChI is InChI=1S/C16H9F2N3O2/c17-10-4-1-3-9(7-10)14-13(8-20-21-19)23-12-6-2-5-11(18)15(12)16(14)22/h1-7H,8H2. The average molecular weight is 313 g/mol. The molecule has 3 rings (SSSR count). The Morgan fingerprint density at radius 2 is 1.96 bits per heavy atom. The van der Waals surface area contributed by atoms with Crippen molar-refractivity contribution in [3.63, 3.8) is 0 Å². The highest BCUT2D eigenvalue weighted by Crippen LogP contribution is 2.26. The molecule has 0 aliphatic rings. The predicted molar refractivity (Wildman–Crippen MR) is 80.7 cm³/mol. The highest BCUT2D eigenvalue weighted by molar-refractivity contribution is 5.83. The number of hydrogen-bond donors (Lipinski definition) is 0. The summed E-state index contributed by atoms with van der Waals surface area (Å²) >= 11 is 0. The first kappa shape index (κ1) is 14.7. The van der Waals surface area contributed by atoms with Crippen molar-refractivity contribution < 1.29 is 13.2 Å². The van der Waals surface area contributed by atoms with E-state index in [9.17, 15) is 13.6 Å². The lowest BCUT2D eigenvalue weighted by molar-refractivity contribution is 0.537. The van der Waals surface area contributed by atoms with E-state index in [0.29, 0.717) is 0 Å². The molecule has 0 saturated heterocycles. The molecule has 0 bridgehead atoms. The molecule has 0 aliphatic carbocycles. The summed E-state index contributed by atoms with van der Waals surface area (Å²) in [5.41, 5.74) is 8.09. The quantitative estimate of drug-likeness (QED) is 0.404. The second-order valence-corrected chi connectivity index (χ2v) is 4.74. The highest BCUT2D eigenvalue weighted by Gasteiger charge is 2.18. The number of halogens is 2. The van der Waals surface area contributed by atoms with E-state index in [1.165, 1.54) is 30.3 Å². The monoisotopic (exact) mass is 313 g/mol. The molecule has 0 N–H and O–H groups in total. The summed E-state index contributed by atoms with van der Waals surface area (Å²) < 4.78 is 33.0. The van der Waals surface area contributed by atoms with Crippen LogP contribution in [-0.4, -0.2) is 0 Å². The molecule has 0 unspecified atom stereocenters. The summed E-state index contributed by atoms with van der Waals surface area (Å²) in [5.74, 6) is -1.23. The summed E-state index contributed by atoms with van der Waals surface area (Å²) in [4.78, 5) is 15.3. The molecular weight excluding hydrogens is 304 g/mol. The Morgan fingerprint density at radius 1 is 1.17 bits per heavy atom. The Bertz CT molecular complexity index is 1010. The number of nitrogens with zero attached hydrogens (tertiary/aromatic N) is 3. The molecule has 0 spiro atoms. The van der Waals surface area contributed by atoms with E-state index in [2.05, 4.69) is 10.0 Å². The molecule has 0 amide bonds. The molecule has 2 aromatic carbocycles. The summed E-state index contributed by atoms with van der Waals surface area (Å²) in [6.45, 7) is -0.246. The van der Waals surface area contributed by atoms with Gasteiger partial charge in [0.15, 0.2) is 0 Å². The SMILES string of the molecule is [N-]=[N+]=NCc1oc2cccc(F)c2c(=O)c1-c1cccc(F)c1. The minimum absolute atomic E-state index is 0.0190. The van der Waals surface area contributed by atoms with Crippen LogP contribution in [0.2, 0.25) is 0 Å². The first-order valence-electron chi connectivity index (χ1n) is 6.63. The number of rotatable bonds is 3. The number of azide groups is 1. The Balaban J connectivity index is 2.41. The Hall–Kier alpha value is -3.18. The molecule has 0 saturated carbocycles. The highest BCUT2D eigenvalue weighted by atomic mass is 19.1. The average Bonchev–Trinajstić information content (AvgIpc) is 2.52. The molecule has 3 aromatic rings. The van der Waals surface area contributed by atoms with Crippen LogP contribution in [0.3, 0.4) is 0 Å². The van der Waals surface area contributed by atoms with Gasteiger partial charge in [-0.3, -0.25) is 4.79 Å². The van der Waals surface area contributed by atoms with Gasteiger partial charge in [0.1, 0.15) is 28.4 Å². The van der Waals surface area contributed by atoms with Crippen molar-refractivity contribution in [1.29, 1.82) is 0 Å². The number of benzene rings is 2. The third-order valence-corrected chi connectivity index (χ3v) is 3.33. The lowest BCUT2D eigenvalue weighted by Crippen LogP contribution is -2.10. The lowest BCUT2D eigenvalue weighted by Gasteiger charge is -2.09. The van der Waals surface area contributed by atoms with Crippen molar-refractivity contribution in [2.45, 2.75) is 6.54 Å². The lowest BCUT2D eigenvalue weighted by atomic mass is 10.0. The van der Waals surface area contributed by atoms with Gasteiger partial charge in [-0.05, 0) is 35.4 Å². The molecule has 1 heterocycles. The van der Waals surface area contributed by atoms with Gasteiger partial charge in [-0.2, -0.15) is 0 Å². The molecular formula is C16H9F2N3O2. The van der Waals surface area contributed by atoms with Gasteiger partial charge in [-0.15, -0.1) is 0 Å². The Labute approximate surface area is 128 Å². The third kappa shape index (κ3) is 2.65. The maximum Gasteiger partial charge on any atom is 0.203 e. The van der Waals surface area contributed by atoms with E-state index in [1.54, 1.807) is 0 Å². The van der Waals surface area contributed by atoms with Crippen LogP contribution in [0.5, 0.6) is 0 Å². The van der Waals surface area contributed by atoms with Crippen LogP contribution in [0, 0.1) is 11.6 Å². The van der Waals surface area contributed by atoms with Gasteiger partial charge in [-0.1, -0.05) is 23.3 Å². The predicted octanol–water partition coefficient (Wildman–Crippen LogP) is 4.55. The van der Waals surface area contributed by atoms with Crippen LogP contribution in [0.4, 0.5) is 8.78 Å². The first-order valence-corrected chi connectivity index (χ1v) is 6.63. The first-order chi connectivity index (χ1) is 11.1. The molecule has 5 nitrogen and oxygen atoms in total. The Morgan fingerprint density at radius 3 is 2.70 bits per heavy atom. The molecule has 0 radical (unpaired) electrons. The van der Waals surface area contributed by atoms with Gasteiger partial charge in [0.25, 0.3) is 0 Å². The van der Waals surface area contributed by atoms with Crippen molar-refractivity contribution in [2.24, 2.45) is 5.11 Å². The molecule has 0 aliphatic heterocycles. The summed E-state index contributed by atoms with van der Waals surface area (Å²) in [7, 11) is 0. The third-order valence-electron chi connectivity index (χ3n) is 3.33. The van der Waals surface area contributed by atoms with Gasteiger partial charge in [0, 0.05) is 4.91 Å². The maximum absolute atomic E-state index is 14.0. The fourth-order valence-electron chi connectivity index (χ4n) is 2.39. The van der Waals surface area contributed by atoms with Crippen LogP contribution in [0.1, 0.15) is 5.76 Å². The molecule has 114 valence electrons. The van der Waals surface area contributed by atoms with Crippen LogP contribution in [0.15, 0.2) is 56.8 Å². The Kier molecular flexibility index (Phi) is 3.78. The zero-order chi connectivity index (χ0) is 16.4. The minimum atomic E-state index is -0.732. The molecule has 0 fully saturated rings. The van der Waals surface area contributed by atoms with Crippen LogP contribution in [-0.2, 0) is 6.54 Å². The normalized spacial score (nSPS) is 10.5. The fourth-order valence-corrected chi connectivity index (χ4v) is 2.39. The van der Waals surface area contributed by atoms with Crippen LogP contribution in [0.25, 0.3) is 32.5 Å². The van der Waals surface area contributed by atoms with Gasteiger partial charge in [-0.25, -0.2) is 8.78 Å². The van der Waals surface area contributed by atoms with E-state index in [4.69, 9.17) is 9.95 Å². The van der Waals surface area contributed by atoms with E-state index in [-0.39, 0.29) is 34.4 Å². The maximum atomic E-state index is 14.0. The second kappa shape index (κ2) is 5.90. The van der Waals surface area contributed by atoms with Crippen LogP contribution < -0.4 is 5.43 Å². The molecule has 7 heteroatoms. The zero-order valence-corrected chi connectivity index (χ0v) is 11.7. The molecule has 0 atom stereocenters. The smallest absolute Gasteiger partial charge is 0.203 e. The van der Waals surface area contributed by atoms with Crippen molar-refractivity contribution >= 4 is 11.0 Å². The van der Waals surface area contributed by atoms with Crippen molar-refractivity contribution in [1.82, 2.24) is 0 Å². The fraction of sp³-hybridized carbons (Fsp3) is 0.0625. The van der Waals surface area contributed by atoms with E-state index >= 15 is 0 Å². The second-order valence-electron chi connectivity index (χ2n) is 4.74. The van der Waals surface area contributed by atoms with Gasteiger partial charge in [0.2, 0.25) is 5.43 Å². The van der Waals surface area contributed by atoms with E-state index in [1.807, 2.05) is 0 Å². The minimum Gasteiger partial charge on any atom is -0.460 e. The summed E-state index contributed by atoms with van der Waals surface area (Å²) in [6, 6.07) is 9.27. The van der Waals surface area contributed by atoms with E-state index < -0.39 is 17.1 Å². The molecule has 23 heavy (non-hydrogen) atoms. The van der Waals surface area contributed by atoms with Crippen molar-refractivity contribution in [2.75, 3.05) is 0 Å². The topological polar surface area (TPSA) is 79.0 Å². The number of fused-ring (bicyclic) bond motifs is 1. The van der Waals surface area contributed by atoms with Gasteiger partial charge in [0.05, 0.1) is 12.1 Å². The largest absolute Gasteiger partial charge is 0.460 e. The van der Waals surface area contributed by atoms with Crippen molar-refractivity contribution in [3.8, 4) is 11.1 Å². The zero-order valence-electron chi connectivity index (χ0n) is 11.7.